The molecule has 1 N–H and O–H groups in total. The summed E-state index contributed by atoms with van der Waals surface area (Å²) in [7, 11) is 3.70. The summed E-state index contributed by atoms with van der Waals surface area (Å²) < 4.78 is 25.5. The topological polar surface area (TPSA) is 67.5 Å². The molecule has 9 heteroatoms. The first-order valence-corrected chi connectivity index (χ1v) is 14.9. The number of para-hydroxylation sites is 2. The summed E-state index contributed by atoms with van der Waals surface area (Å²) in [5.41, 5.74) is 3.68. The van der Waals surface area contributed by atoms with Crippen LogP contribution in [0.2, 0.25) is 0 Å². The van der Waals surface area contributed by atoms with E-state index in [-0.39, 0.29) is 55.0 Å². The van der Waals surface area contributed by atoms with Gasteiger partial charge in [-0.25, -0.2) is 14.2 Å². The zero-order valence-corrected chi connectivity index (χ0v) is 26.9. The number of aryl methyl sites for hydroxylation is 1. The molecule has 0 amide bonds. The highest BCUT2D eigenvalue weighted by Crippen LogP contribution is 2.48. The van der Waals surface area contributed by atoms with Gasteiger partial charge in [0.15, 0.2) is 0 Å². The van der Waals surface area contributed by atoms with E-state index in [1.807, 2.05) is 12.1 Å². The molecule has 2 aromatic carbocycles. The third kappa shape index (κ3) is 7.65. The van der Waals surface area contributed by atoms with Crippen molar-refractivity contribution in [2.45, 2.75) is 76.2 Å². The average Bonchev–Trinajstić information content (AvgIpc) is 3.37. The Hall–Kier alpha value is -2.19. The number of nitrogens with zero attached hydrogens (tertiary/aromatic N) is 2. The lowest BCUT2D eigenvalue weighted by Gasteiger charge is -2.47. The maximum Gasteiger partial charge on any atom is 0.332 e. The summed E-state index contributed by atoms with van der Waals surface area (Å²) >= 11 is 0. The number of ether oxygens (including phenoxy) is 2. The highest BCUT2D eigenvalue weighted by atomic mass is 35.5. The number of H-pyrrole nitrogens is 1. The molecule has 1 heterocycles. The Morgan fingerprint density at radius 3 is 2.57 bits per heavy atom. The van der Waals surface area contributed by atoms with Gasteiger partial charge in [0.25, 0.3) is 0 Å². The van der Waals surface area contributed by atoms with Crippen LogP contribution in [0.4, 0.5) is 4.39 Å². The van der Waals surface area contributed by atoms with Gasteiger partial charge in [-0.15, -0.1) is 24.8 Å². The average molecular weight is 623 g/mol. The first-order valence-electron chi connectivity index (χ1n) is 14.9. The van der Waals surface area contributed by atoms with Gasteiger partial charge < -0.3 is 19.4 Å². The number of carbonyl (C=O) groups is 1. The number of hydrogen-bond acceptors (Lipinski definition) is 5. The van der Waals surface area contributed by atoms with Crippen LogP contribution in [0.1, 0.15) is 81.2 Å². The molecular formula is C33H46Cl2FN3O3. The lowest BCUT2D eigenvalue weighted by atomic mass is 9.65. The standard InChI is InChI=1S/C33H44FN3O3.2ClH/c1-22(2)31-27-14-13-26(34)19-25(27)15-16-33(31,40-30(38)21-39-4)17-18-37(3)20-23-9-11-24(12-10-23)32-35-28-7-5-6-8-29(28)36-32;;/h5-8,13-14,19,22-24,31H,9-12,15-18,20-21H2,1-4H3,(H,35,36);2*1H/t23-,24-,31-,33-;;/m0../s1. The maximum absolute atomic E-state index is 14.1. The predicted molar refractivity (Wildman–Crippen MR) is 170 cm³/mol. The molecule has 1 fully saturated rings. The molecule has 0 unspecified atom stereocenters. The largest absolute Gasteiger partial charge is 0.457 e. The summed E-state index contributed by atoms with van der Waals surface area (Å²) in [5, 5.41) is 0. The second kappa shape index (κ2) is 15.0. The van der Waals surface area contributed by atoms with Gasteiger partial charge in [-0.05, 0) is 92.8 Å². The van der Waals surface area contributed by atoms with E-state index in [0.717, 1.165) is 60.3 Å². The van der Waals surface area contributed by atoms with E-state index in [9.17, 15) is 9.18 Å². The van der Waals surface area contributed by atoms with Crippen LogP contribution >= 0.6 is 24.8 Å². The Morgan fingerprint density at radius 2 is 1.88 bits per heavy atom. The van der Waals surface area contributed by atoms with Crippen molar-refractivity contribution in [2.24, 2.45) is 11.8 Å². The minimum absolute atomic E-state index is 0. The van der Waals surface area contributed by atoms with Crippen LogP contribution < -0.4 is 0 Å². The van der Waals surface area contributed by atoms with Crippen LogP contribution in [0.15, 0.2) is 42.5 Å². The Balaban J connectivity index is 0.00000242. The fourth-order valence-corrected chi connectivity index (χ4v) is 7.36. The fraction of sp³-hybridized carbons (Fsp3) is 0.576. The normalized spacial score (nSPS) is 23.7. The van der Waals surface area contributed by atoms with E-state index < -0.39 is 5.60 Å². The lowest BCUT2D eigenvalue weighted by Crippen LogP contribution is -2.49. The molecule has 0 aliphatic heterocycles. The SMILES string of the molecule is COCC(=O)O[C@]1(CCN(C)C[C@H]2CC[C@H](c3nc4ccccc4[nH]3)CC2)CCc2cc(F)ccc2[C@@H]1C(C)C.Cl.Cl. The van der Waals surface area contributed by atoms with Crippen molar-refractivity contribution >= 4 is 41.8 Å². The number of rotatable bonds is 10. The minimum atomic E-state index is -0.637. The smallest absolute Gasteiger partial charge is 0.332 e. The van der Waals surface area contributed by atoms with Gasteiger partial charge in [-0.3, -0.25) is 0 Å². The van der Waals surface area contributed by atoms with Crippen LogP contribution in [0.25, 0.3) is 11.0 Å². The number of hydrogen-bond donors (Lipinski definition) is 1. The number of aromatic nitrogens is 2. The highest BCUT2D eigenvalue weighted by Gasteiger charge is 2.47. The number of halogens is 3. The number of imidazole rings is 1. The van der Waals surface area contributed by atoms with Crippen molar-refractivity contribution in [3.63, 3.8) is 0 Å². The van der Waals surface area contributed by atoms with Crippen molar-refractivity contribution in [1.82, 2.24) is 14.9 Å². The number of benzene rings is 2. The molecule has 42 heavy (non-hydrogen) atoms. The monoisotopic (exact) mass is 621 g/mol. The van der Waals surface area contributed by atoms with E-state index in [2.05, 4.69) is 49.0 Å². The van der Waals surface area contributed by atoms with Crippen molar-refractivity contribution < 1.29 is 18.7 Å². The third-order valence-electron chi connectivity index (χ3n) is 9.20. The van der Waals surface area contributed by atoms with Gasteiger partial charge in [-0.2, -0.15) is 0 Å². The number of carbonyl (C=O) groups excluding carboxylic acids is 1. The van der Waals surface area contributed by atoms with Crippen LogP contribution in [0, 0.1) is 17.7 Å². The van der Waals surface area contributed by atoms with Crippen molar-refractivity contribution in [3.05, 3.63) is 65.2 Å². The summed E-state index contributed by atoms with van der Waals surface area (Å²) in [6, 6.07) is 13.3. The van der Waals surface area contributed by atoms with Gasteiger partial charge in [0.05, 0.1) is 11.0 Å². The molecule has 3 aromatic rings. The Bertz CT molecular complexity index is 1280. The molecule has 0 radical (unpaired) electrons. The number of esters is 1. The van der Waals surface area contributed by atoms with E-state index in [1.165, 1.54) is 26.0 Å². The highest BCUT2D eigenvalue weighted by molar-refractivity contribution is 5.85. The second-order valence-electron chi connectivity index (χ2n) is 12.4. The molecule has 2 atom stereocenters. The zero-order chi connectivity index (χ0) is 28.3. The molecule has 6 nitrogen and oxygen atoms in total. The molecule has 2 aliphatic carbocycles. The van der Waals surface area contributed by atoms with Crippen molar-refractivity contribution in [3.8, 4) is 0 Å². The van der Waals surface area contributed by atoms with E-state index in [0.29, 0.717) is 24.7 Å². The number of fused-ring (bicyclic) bond motifs is 2. The summed E-state index contributed by atoms with van der Waals surface area (Å²) in [5.74, 6) is 1.98. The molecule has 232 valence electrons. The molecule has 0 spiro atoms. The quantitative estimate of drug-likeness (QED) is 0.238. The van der Waals surface area contributed by atoms with Crippen LogP contribution in [0.5, 0.6) is 0 Å². The summed E-state index contributed by atoms with van der Waals surface area (Å²) in [6.07, 6.45) is 6.82. The number of aromatic amines is 1. The van der Waals surface area contributed by atoms with Gasteiger partial charge >= 0.3 is 5.97 Å². The first-order chi connectivity index (χ1) is 19.3. The van der Waals surface area contributed by atoms with Gasteiger partial charge in [-0.1, -0.05) is 32.0 Å². The van der Waals surface area contributed by atoms with Gasteiger partial charge in [0, 0.05) is 38.5 Å². The number of methoxy groups -OCH3 is 1. The molecule has 0 saturated heterocycles. The molecule has 5 rings (SSSR count). The Labute approximate surface area is 262 Å². The van der Waals surface area contributed by atoms with Crippen LogP contribution in [-0.2, 0) is 20.7 Å². The zero-order valence-electron chi connectivity index (χ0n) is 25.2. The van der Waals surface area contributed by atoms with Gasteiger partial charge in [0.2, 0.25) is 0 Å². The second-order valence-corrected chi connectivity index (χ2v) is 12.4. The van der Waals surface area contributed by atoms with Crippen LogP contribution in [0.3, 0.4) is 0 Å². The van der Waals surface area contributed by atoms with Crippen molar-refractivity contribution in [2.75, 3.05) is 33.9 Å². The summed E-state index contributed by atoms with van der Waals surface area (Å²) in [4.78, 5) is 23.6. The Kier molecular flexibility index (Phi) is 12.3. The number of nitrogens with one attached hydrogen (secondary N) is 1. The van der Waals surface area contributed by atoms with Crippen LogP contribution in [-0.4, -0.2) is 60.3 Å². The molecule has 2 aliphatic rings. The predicted octanol–water partition coefficient (Wildman–Crippen LogP) is 7.46. The minimum Gasteiger partial charge on any atom is -0.457 e. The lowest BCUT2D eigenvalue weighted by molar-refractivity contribution is -0.172. The maximum atomic E-state index is 14.1. The molecule has 1 aromatic heterocycles. The first kappa shape index (κ1) is 34.3. The van der Waals surface area contributed by atoms with E-state index in [4.69, 9.17) is 14.5 Å². The van der Waals surface area contributed by atoms with E-state index in [1.54, 1.807) is 6.07 Å². The van der Waals surface area contributed by atoms with E-state index >= 15 is 0 Å². The summed E-state index contributed by atoms with van der Waals surface area (Å²) in [6.45, 7) is 6.15. The fourth-order valence-electron chi connectivity index (χ4n) is 7.36. The molecular weight excluding hydrogens is 576 g/mol. The molecule has 0 bridgehead atoms. The Morgan fingerprint density at radius 1 is 1.14 bits per heavy atom. The van der Waals surface area contributed by atoms with Gasteiger partial charge in [0.1, 0.15) is 23.8 Å². The van der Waals surface area contributed by atoms with Crippen molar-refractivity contribution in [1.29, 1.82) is 0 Å². The third-order valence-corrected chi connectivity index (χ3v) is 9.20. The molecule has 1 saturated carbocycles.